The molecule has 0 spiro atoms. The van der Waals surface area contributed by atoms with Crippen LogP contribution in [0, 0.1) is 11.7 Å². The quantitative estimate of drug-likeness (QED) is 0.865. The van der Waals surface area contributed by atoms with E-state index in [0.717, 1.165) is 12.0 Å². The zero-order chi connectivity index (χ0) is 12.5. The summed E-state index contributed by atoms with van der Waals surface area (Å²) in [7, 11) is 0. The largest absolute Gasteiger partial charge is 0.390 e. The molecule has 1 atom stereocenters. The molecular formula is C14H18ClFO. The van der Waals surface area contributed by atoms with Gasteiger partial charge in [-0.3, -0.25) is 0 Å². The van der Waals surface area contributed by atoms with Gasteiger partial charge in [-0.15, -0.1) is 0 Å². The third-order valence-electron chi connectivity index (χ3n) is 3.52. The summed E-state index contributed by atoms with van der Waals surface area (Å²) in [5.41, 5.74) is 0.174. The van der Waals surface area contributed by atoms with Crippen LogP contribution in [0.5, 0.6) is 0 Å². The summed E-state index contributed by atoms with van der Waals surface area (Å²) in [5.74, 6) is 0.245. The van der Waals surface area contributed by atoms with Gasteiger partial charge in [0.2, 0.25) is 0 Å². The highest BCUT2D eigenvalue weighted by Crippen LogP contribution is 2.35. The van der Waals surface area contributed by atoms with Gasteiger partial charge in [0.15, 0.2) is 0 Å². The first kappa shape index (κ1) is 12.8. The fourth-order valence-electron chi connectivity index (χ4n) is 2.48. The topological polar surface area (TPSA) is 20.2 Å². The van der Waals surface area contributed by atoms with E-state index in [2.05, 4.69) is 0 Å². The van der Waals surface area contributed by atoms with Gasteiger partial charge in [0.1, 0.15) is 5.82 Å². The highest BCUT2D eigenvalue weighted by molar-refractivity contribution is 6.30. The minimum atomic E-state index is -0.716. The zero-order valence-electron chi connectivity index (χ0n) is 10.0. The van der Waals surface area contributed by atoms with Gasteiger partial charge in [0.05, 0.1) is 10.6 Å². The number of halogens is 2. The van der Waals surface area contributed by atoms with E-state index in [0.29, 0.717) is 12.3 Å². The highest BCUT2D eigenvalue weighted by atomic mass is 35.5. The Labute approximate surface area is 107 Å². The van der Waals surface area contributed by atoms with E-state index in [1.165, 1.54) is 25.3 Å². The summed E-state index contributed by atoms with van der Waals surface area (Å²) < 4.78 is 13.0. The van der Waals surface area contributed by atoms with Gasteiger partial charge >= 0.3 is 0 Å². The molecule has 0 radical (unpaired) electrons. The van der Waals surface area contributed by atoms with Crippen LogP contribution < -0.4 is 0 Å². The summed E-state index contributed by atoms with van der Waals surface area (Å²) in [4.78, 5) is 0. The number of hydrogen-bond acceptors (Lipinski definition) is 1. The lowest BCUT2D eigenvalue weighted by Gasteiger charge is -2.33. The number of hydrogen-bond donors (Lipinski definition) is 1. The van der Waals surface area contributed by atoms with Gasteiger partial charge in [-0.2, -0.15) is 0 Å². The molecule has 1 saturated carbocycles. The molecule has 1 aromatic rings. The Bertz CT molecular complexity index is 399. The van der Waals surface area contributed by atoms with Crippen molar-refractivity contribution in [3.05, 3.63) is 34.6 Å². The van der Waals surface area contributed by atoms with E-state index >= 15 is 0 Å². The monoisotopic (exact) mass is 256 g/mol. The van der Waals surface area contributed by atoms with Crippen molar-refractivity contribution in [1.82, 2.24) is 0 Å². The molecule has 94 valence electrons. The van der Waals surface area contributed by atoms with Gasteiger partial charge in [0, 0.05) is 6.42 Å². The second-order valence-electron chi connectivity index (χ2n) is 5.42. The summed E-state index contributed by atoms with van der Waals surface area (Å²) in [6.07, 6.45) is 5.08. The van der Waals surface area contributed by atoms with Crippen LogP contribution >= 0.6 is 11.6 Å². The van der Waals surface area contributed by atoms with Crippen LogP contribution in [-0.2, 0) is 6.42 Å². The number of rotatable bonds is 4. The van der Waals surface area contributed by atoms with Crippen molar-refractivity contribution in [3.8, 4) is 0 Å². The molecule has 17 heavy (non-hydrogen) atoms. The van der Waals surface area contributed by atoms with Crippen molar-refractivity contribution in [3.63, 3.8) is 0 Å². The second-order valence-corrected chi connectivity index (χ2v) is 5.83. The Morgan fingerprint density at radius 3 is 2.71 bits per heavy atom. The molecule has 3 heteroatoms. The molecule has 0 saturated heterocycles. The first-order valence-corrected chi connectivity index (χ1v) is 6.50. The maximum absolute atomic E-state index is 13.0. The predicted octanol–water partition coefficient (Wildman–Crippen LogP) is 3.96. The molecule has 0 aliphatic heterocycles. The maximum Gasteiger partial charge on any atom is 0.141 e. The zero-order valence-corrected chi connectivity index (χ0v) is 10.8. The molecule has 1 N–H and O–H groups in total. The van der Waals surface area contributed by atoms with Crippen LogP contribution in [0.1, 0.15) is 38.2 Å². The third kappa shape index (κ3) is 3.43. The fourth-order valence-corrected chi connectivity index (χ4v) is 2.68. The highest BCUT2D eigenvalue weighted by Gasteiger charge is 2.29. The van der Waals surface area contributed by atoms with Gasteiger partial charge < -0.3 is 5.11 Å². The van der Waals surface area contributed by atoms with Crippen molar-refractivity contribution in [2.75, 3.05) is 0 Å². The first-order valence-electron chi connectivity index (χ1n) is 6.13. The van der Waals surface area contributed by atoms with E-state index in [4.69, 9.17) is 11.6 Å². The Hall–Kier alpha value is -0.600. The van der Waals surface area contributed by atoms with E-state index < -0.39 is 11.4 Å². The SMILES string of the molecule is CC(O)(Cc1ccc(F)c(Cl)c1)CC1CCC1. The minimum absolute atomic E-state index is 0.127. The summed E-state index contributed by atoms with van der Waals surface area (Å²) >= 11 is 5.73. The van der Waals surface area contributed by atoms with Crippen molar-refractivity contribution in [2.24, 2.45) is 5.92 Å². The normalized spacial score (nSPS) is 19.8. The average molecular weight is 257 g/mol. The molecule has 0 heterocycles. The Morgan fingerprint density at radius 1 is 1.47 bits per heavy atom. The van der Waals surface area contributed by atoms with Crippen LogP contribution in [0.25, 0.3) is 0 Å². The molecule has 0 amide bonds. The van der Waals surface area contributed by atoms with Crippen molar-refractivity contribution in [2.45, 2.75) is 44.6 Å². The van der Waals surface area contributed by atoms with Crippen LogP contribution in [-0.4, -0.2) is 10.7 Å². The molecule has 1 aromatic carbocycles. The molecule has 0 bridgehead atoms. The van der Waals surface area contributed by atoms with Crippen LogP contribution in [0.2, 0.25) is 5.02 Å². The molecule has 1 aliphatic rings. The molecular weight excluding hydrogens is 239 g/mol. The fraction of sp³-hybridized carbons (Fsp3) is 0.571. The average Bonchev–Trinajstić information content (AvgIpc) is 2.18. The van der Waals surface area contributed by atoms with Crippen LogP contribution in [0.3, 0.4) is 0 Å². The van der Waals surface area contributed by atoms with Gasteiger partial charge in [-0.05, 0) is 37.0 Å². The summed E-state index contributed by atoms with van der Waals surface area (Å²) in [6, 6.07) is 4.65. The van der Waals surface area contributed by atoms with Crippen LogP contribution in [0.4, 0.5) is 4.39 Å². The standard InChI is InChI=1S/C14H18ClFO/c1-14(17,8-10-3-2-4-10)9-11-5-6-13(16)12(15)7-11/h5-7,10,17H,2-4,8-9H2,1H3. The smallest absolute Gasteiger partial charge is 0.141 e. The van der Waals surface area contributed by atoms with Crippen LogP contribution in [0.15, 0.2) is 18.2 Å². The summed E-state index contributed by atoms with van der Waals surface area (Å²) in [5, 5.41) is 10.5. The Kier molecular flexibility index (Phi) is 3.74. The van der Waals surface area contributed by atoms with E-state index in [-0.39, 0.29) is 5.02 Å². The lowest BCUT2D eigenvalue weighted by Crippen LogP contribution is -2.32. The molecule has 1 nitrogen and oxygen atoms in total. The molecule has 1 aliphatic carbocycles. The van der Waals surface area contributed by atoms with E-state index in [1.54, 1.807) is 12.1 Å². The minimum Gasteiger partial charge on any atom is -0.390 e. The van der Waals surface area contributed by atoms with E-state index in [1.807, 2.05) is 6.92 Å². The molecule has 0 aromatic heterocycles. The Morgan fingerprint density at radius 2 is 2.18 bits per heavy atom. The molecule has 2 rings (SSSR count). The predicted molar refractivity (Wildman–Crippen MR) is 67.7 cm³/mol. The Balaban J connectivity index is 2.00. The third-order valence-corrected chi connectivity index (χ3v) is 3.81. The number of benzene rings is 1. The molecule has 1 fully saturated rings. The van der Waals surface area contributed by atoms with Gasteiger partial charge in [-0.1, -0.05) is 36.9 Å². The molecule has 1 unspecified atom stereocenters. The lowest BCUT2D eigenvalue weighted by atomic mass is 9.76. The van der Waals surface area contributed by atoms with Gasteiger partial charge in [0.25, 0.3) is 0 Å². The van der Waals surface area contributed by atoms with Crippen molar-refractivity contribution < 1.29 is 9.50 Å². The van der Waals surface area contributed by atoms with Crippen molar-refractivity contribution >= 4 is 11.6 Å². The second kappa shape index (κ2) is 4.95. The maximum atomic E-state index is 13.0. The van der Waals surface area contributed by atoms with E-state index in [9.17, 15) is 9.50 Å². The van der Waals surface area contributed by atoms with Gasteiger partial charge in [-0.25, -0.2) is 4.39 Å². The number of aliphatic hydroxyl groups is 1. The lowest BCUT2D eigenvalue weighted by molar-refractivity contribution is 0.0204. The van der Waals surface area contributed by atoms with Crippen molar-refractivity contribution in [1.29, 1.82) is 0 Å². The first-order chi connectivity index (χ1) is 7.96. The summed E-state index contributed by atoms with van der Waals surface area (Å²) in [6.45, 7) is 1.85.